The van der Waals surface area contributed by atoms with E-state index in [0.717, 1.165) is 26.2 Å². The summed E-state index contributed by atoms with van der Waals surface area (Å²) in [7, 11) is 0. The van der Waals surface area contributed by atoms with Crippen LogP contribution in [0, 0.1) is 11.8 Å². The zero-order chi connectivity index (χ0) is 17.9. The summed E-state index contributed by atoms with van der Waals surface area (Å²) in [4.78, 5) is 27.3. The molecular formula is C20H38N2O2. The fourth-order valence-electron chi connectivity index (χ4n) is 3.04. The molecule has 2 aliphatic heterocycles. The third kappa shape index (κ3) is 8.93. The first-order valence-corrected chi connectivity index (χ1v) is 9.90. The fraction of sp³-hybridized carbons (Fsp3) is 0.900. The molecule has 2 fully saturated rings. The summed E-state index contributed by atoms with van der Waals surface area (Å²) < 4.78 is 0. The number of hydrogen-bond donors (Lipinski definition) is 0. The van der Waals surface area contributed by atoms with E-state index in [0.29, 0.717) is 24.7 Å². The van der Waals surface area contributed by atoms with Gasteiger partial charge in [-0.3, -0.25) is 19.4 Å². The Labute approximate surface area is 149 Å². The molecule has 0 aromatic heterocycles. The molecule has 0 saturated carbocycles. The summed E-state index contributed by atoms with van der Waals surface area (Å²) in [6.07, 6.45) is 7.76. The van der Waals surface area contributed by atoms with Crippen LogP contribution in [0.1, 0.15) is 66.2 Å². The number of carbonyl (C=O) groups is 2. The standard InChI is InChI=1S/2C10H19NO/c2*1-9(2)10(12)8-11-6-4-3-5-7-11/h2*9H,3-8H2,1-2H3. The van der Waals surface area contributed by atoms with Crippen LogP contribution in [0.4, 0.5) is 0 Å². The Morgan fingerprint density at radius 3 is 1.17 bits per heavy atom. The molecular weight excluding hydrogens is 300 g/mol. The molecule has 2 saturated heterocycles. The van der Waals surface area contributed by atoms with Crippen LogP contribution < -0.4 is 0 Å². The van der Waals surface area contributed by atoms with Gasteiger partial charge in [-0.1, -0.05) is 40.5 Å². The molecule has 0 amide bonds. The number of hydrogen-bond acceptors (Lipinski definition) is 4. The van der Waals surface area contributed by atoms with E-state index in [1.807, 2.05) is 27.7 Å². The van der Waals surface area contributed by atoms with Crippen molar-refractivity contribution in [1.82, 2.24) is 9.80 Å². The van der Waals surface area contributed by atoms with E-state index in [-0.39, 0.29) is 11.8 Å². The lowest BCUT2D eigenvalue weighted by Crippen LogP contribution is -2.35. The number of piperidine rings is 2. The van der Waals surface area contributed by atoms with Crippen LogP contribution in [0.5, 0.6) is 0 Å². The van der Waals surface area contributed by atoms with Gasteiger partial charge >= 0.3 is 0 Å². The maximum Gasteiger partial charge on any atom is 0.149 e. The summed E-state index contributed by atoms with van der Waals surface area (Å²) in [5.41, 5.74) is 0. The molecule has 0 atom stereocenters. The minimum absolute atomic E-state index is 0.201. The van der Waals surface area contributed by atoms with Gasteiger partial charge in [-0.15, -0.1) is 0 Å². The van der Waals surface area contributed by atoms with Crippen LogP contribution in [-0.2, 0) is 9.59 Å². The van der Waals surface area contributed by atoms with Crippen molar-refractivity contribution >= 4 is 11.6 Å². The lowest BCUT2D eigenvalue weighted by Gasteiger charge is -2.26. The van der Waals surface area contributed by atoms with Crippen LogP contribution in [0.2, 0.25) is 0 Å². The predicted molar refractivity (Wildman–Crippen MR) is 100 cm³/mol. The molecule has 0 N–H and O–H groups in total. The Morgan fingerprint density at radius 1 is 0.625 bits per heavy atom. The number of rotatable bonds is 6. The van der Waals surface area contributed by atoms with Crippen LogP contribution in [0.3, 0.4) is 0 Å². The van der Waals surface area contributed by atoms with Crippen molar-refractivity contribution in [3.63, 3.8) is 0 Å². The number of Topliss-reactive ketones (excluding diaryl/α,β-unsaturated/α-hetero) is 2. The molecule has 0 bridgehead atoms. The SMILES string of the molecule is CC(C)C(=O)CN1CCCCC1.CC(C)C(=O)CN1CCCCC1. The van der Waals surface area contributed by atoms with E-state index in [9.17, 15) is 9.59 Å². The second-order valence-corrected chi connectivity index (χ2v) is 7.92. The minimum Gasteiger partial charge on any atom is -0.298 e. The van der Waals surface area contributed by atoms with Gasteiger partial charge in [0.05, 0.1) is 13.1 Å². The van der Waals surface area contributed by atoms with E-state index < -0.39 is 0 Å². The molecule has 4 nitrogen and oxygen atoms in total. The maximum absolute atomic E-state index is 11.4. The molecule has 2 rings (SSSR count). The molecule has 0 unspecified atom stereocenters. The van der Waals surface area contributed by atoms with Crippen molar-refractivity contribution in [2.24, 2.45) is 11.8 Å². The average molecular weight is 339 g/mol. The van der Waals surface area contributed by atoms with Crippen molar-refractivity contribution in [2.45, 2.75) is 66.2 Å². The van der Waals surface area contributed by atoms with Crippen LogP contribution >= 0.6 is 0 Å². The third-order valence-electron chi connectivity index (χ3n) is 4.94. The Kier molecular flexibility index (Phi) is 10.4. The monoisotopic (exact) mass is 338 g/mol. The van der Waals surface area contributed by atoms with Crippen LogP contribution in [-0.4, -0.2) is 60.6 Å². The highest BCUT2D eigenvalue weighted by atomic mass is 16.1. The molecule has 140 valence electrons. The fourth-order valence-corrected chi connectivity index (χ4v) is 3.04. The highest BCUT2D eigenvalue weighted by molar-refractivity contribution is 5.82. The quantitative estimate of drug-likeness (QED) is 0.744. The first-order valence-electron chi connectivity index (χ1n) is 9.90. The molecule has 2 heterocycles. The van der Waals surface area contributed by atoms with Crippen molar-refractivity contribution < 1.29 is 9.59 Å². The van der Waals surface area contributed by atoms with Gasteiger partial charge in [0, 0.05) is 11.8 Å². The van der Waals surface area contributed by atoms with Gasteiger partial charge in [-0.25, -0.2) is 0 Å². The first kappa shape index (κ1) is 21.3. The second kappa shape index (κ2) is 11.8. The number of ketones is 2. The van der Waals surface area contributed by atoms with E-state index in [1.54, 1.807) is 0 Å². The van der Waals surface area contributed by atoms with Crippen molar-refractivity contribution in [1.29, 1.82) is 0 Å². The van der Waals surface area contributed by atoms with Gasteiger partial charge in [0.1, 0.15) is 11.6 Å². The molecule has 2 aliphatic rings. The van der Waals surface area contributed by atoms with Gasteiger partial charge in [-0.2, -0.15) is 0 Å². The molecule has 0 spiro atoms. The molecule has 0 aromatic carbocycles. The van der Waals surface area contributed by atoms with E-state index in [1.165, 1.54) is 38.5 Å². The maximum atomic E-state index is 11.4. The third-order valence-corrected chi connectivity index (χ3v) is 4.94. The van der Waals surface area contributed by atoms with Gasteiger partial charge in [0.15, 0.2) is 0 Å². The molecule has 0 radical (unpaired) electrons. The summed E-state index contributed by atoms with van der Waals surface area (Å²) in [5.74, 6) is 1.17. The van der Waals surface area contributed by atoms with Gasteiger partial charge in [-0.05, 0) is 51.9 Å². The van der Waals surface area contributed by atoms with Gasteiger partial charge in [0.25, 0.3) is 0 Å². The molecule has 24 heavy (non-hydrogen) atoms. The Bertz CT molecular complexity index is 332. The number of likely N-dealkylation sites (tertiary alicyclic amines) is 2. The van der Waals surface area contributed by atoms with Crippen molar-refractivity contribution in [2.75, 3.05) is 39.3 Å². The highest BCUT2D eigenvalue weighted by Crippen LogP contribution is 2.10. The lowest BCUT2D eigenvalue weighted by atomic mass is 10.1. The first-order chi connectivity index (χ1) is 11.4. The van der Waals surface area contributed by atoms with E-state index >= 15 is 0 Å². The molecule has 0 aliphatic carbocycles. The average Bonchev–Trinajstić information content (AvgIpc) is 2.57. The lowest BCUT2D eigenvalue weighted by molar-refractivity contribution is -0.124. The summed E-state index contributed by atoms with van der Waals surface area (Å²) in [6.45, 7) is 13.8. The molecule has 0 aromatic rings. The van der Waals surface area contributed by atoms with Gasteiger partial charge in [0.2, 0.25) is 0 Å². The van der Waals surface area contributed by atoms with E-state index in [2.05, 4.69) is 9.80 Å². The highest BCUT2D eigenvalue weighted by Gasteiger charge is 2.16. The number of nitrogens with zero attached hydrogens (tertiary/aromatic N) is 2. The Morgan fingerprint density at radius 2 is 0.917 bits per heavy atom. The largest absolute Gasteiger partial charge is 0.298 e. The summed E-state index contributed by atoms with van der Waals surface area (Å²) in [5, 5.41) is 0. The minimum atomic E-state index is 0.201. The second-order valence-electron chi connectivity index (χ2n) is 7.92. The van der Waals surface area contributed by atoms with Gasteiger partial charge < -0.3 is 0 Å². The smallest absolute Gasteiger partial charge is 0.149 e. The summed E-state index contributed by atoms with van der Waals surface area (Å²) >= 11 is 0. The number of carbonyl (C=O) groups excluding carboxylic acids is 2. The Balaban J connectivity index is 0.000000240. The Hall–Kier alpha value is -0.740. The normalized spacial score (nSPS) is 19.9. The molecule has 4 heteroatoms. The summed E-state index contributed by atoms with van der Waals surface area (Å²) in [6, 6.07) is 0. The van der Waals surface area contributed by atoms with Crippen LogP contribution in [0.25, 0.3) is 0 Å². The van der Waals surface area contributed by atoms with Crippen LogP contribution in [0.15, 0.2) is 0 Å². The van der Waals surface area contributed by atoms with Crippen molar-refractivity contribution in [3.05, 3.63) is 0 Å². The topological polar surface area (TPSA) is 40.6 Å². The predicted octanol–water partition coefficient (Wildman–Crippen LogP) is 3.39. The zero-order valence-electron chi connectivity index (χ0n) is 16.4. The zero-order valence-corrected chi connectivity index (χ0v) is 16.4. The van der Waals surface area contributed by atoms with Crippen molar-refractivity contribution in [3.8, 4) is 0 Å². The van der Waals surface area contributed by atoms with E-state index in [4.69, 9.17) is 0 Å².